The SMILES string of the molecule is CN(Cc1cccs1)C(CN)c1c(Cl)cccc1Cl. The summed E-state index contributed by atoms with van der Waals surface area (Å²) in [5.74, 6) is 0. The molecule has 0 spiro atoms. The van der Waals surface area contributed by atoms with E-state index in [0.717, 1.165) is 12.1 Å². The van der Waals surface area contributed by atoms with Gasteiger partial charge in [-0.3, -0.25) is 4.90 Å². The van der Waals surface area contributed by atoms with Crippen LogP contribution >= 0.6 is 34.5 Å². The largest absolute Gasteiger partial charge is 0.329 e. The van der Waals surface area contributed by atoms with Gasteiger partial charge in [-0.15, -0.1) is 11.3 Å². The molecule has 19 heavy (non-hydrogen) atoms. The Morgan fingerprint density at radius 1 is 1.21 bits per heavy atom. The molecule has 2 aromatic rings. The van der Waals surface area contributed by atoms with Crippen LogP contribution in [0.4, 0.5) is 0 Å². The molecule has 2 nitrogen and oxygen atoms in total. The summed E-state index contributed by atoms with van der Waals surface area (Å²) >= 11 is 14.3. The summed E-state index contributed by atoms with van der Waals surface area (Å²) in [6, 6.07) is 9.73. The average Bonchev–Trinajstić information content (AvgIpc) is 2.86. The van der Waals surface area contributed by atoms with Crippen molar-refractivity contribution in [2.24, 2.45) is 5.73 Å². The Balaban J connectivity index is 2.24. The summed E-state index contributed by atoms with van der Waals surface area (Å²) in [6.07, 6.45) is 0. The predicted molar refractivity (Wildman–Crippen MR) is 84.0 cm³/mol. The number of thiophene rings is 1. The Bertz CT molecular complexity index is 508. The highest BCUT2D eigenvalue weighted by Gasteiger charge is 2.21. The number of likely N-dealkylation sites (N-methyl/N-ethyl adjacent to an activating group) is 1. The molecule has 1 atom stereocenters. The van der Waals surface area contributed by atoms with E-state index < -0.39 is 0 Å². The van der Waals surface area contributed by atoms with Crippen LogP contribution in [0.1, 0.15) is 16.5 Å². The van der Waals surface area contributed by atoms with E-state index in [1.54, 1.807) is 11.3 Å². The lowest BCUT2D eigenvalue weighted by molar-refractivity contribution is 0.244. The van der Waals surface area contributed by atoms with E-state index in [4.69, 9.17) is 28.9 Å². The Kier molecular flexibility index (Phi) is 5.25. The fraction of sp³-hybridized carbons (Fsp3) is 0.286. The van der Waals surface area contributed by atoms with Crippen LogP contribution in [0.2, 0.25) is 10.0 Å². The van der Waals surface area contributed by atoms with Gasteiger partial charge in [-0.2, -0.15) is 0 Å². The van der Waals surface area contributed by atoms with E-state index in [0.29, 0.717) is 16.6 Å². The van der Waals surface area contributed by atoms with E-state index in [2.05, 4.69) is 16.3 Å². The number of nitrogens with two attached hydrogens (primary N) is 1. The lowest BCUT2D eigenvalue weighted by Crippen LogP contribution is -2.30. The molecule has 0 amide bonds. The van der Waals surface area contributed by atoms with Gasteiger partial charge >= 0.3 is 0 Å². The summed E-state index contributed by atoms with van der Waals surface area (Å²) in [5.41, 5.74) is 6.83. The first-order chi connectivity index (χ1) is 9.13. The smallest absolute Gasteiger partial charge is 0.0500 e. The minimum atomic E-state index is 0.0169. The molecule has 0 aliphatic carbocycles. The quantitative estimate of drug-likeness (QED) is 0.896. The highest BCUT2D eigenvalue weighted by atomic mass is 35.5. The van der Waals surface area contributed by atoms with Crippen LogP contribution in [0, 0.1) is 0 Å². The van der Waals surface area contributed by atoms with E-state index >= 15 is 0 Å². The topological polar surface area (TPSA) is 29.3 Å². The van der Waals surface area contributed by atoms with Crippen LogP contribution in [-0.4, -0.2) is 18.5 Å². The number of benzene rings is 1. The van der Waals surface area contributed by atoms with Crippen LogP contribution in [0.25, 0.3) is 0 Å². The molecule has 102 valence electrons. The third-order valence-corrected chi connectivity index (χ3v) is 4.59. The normalized spacial score (nSPS) is 12.9. The first kappa shape index (κ1) is 14.8. The van der Waals surface area contributed by atoms with Gasteiger partial charge in [0, 0.05) is 33.6 Å². The maximum atomic E-state index is 6.26. The highest BCUT2D eigenvalue weighted by molar-refractivity contribution is 7.09. The maximum Gasteiger partial charge on any atom is 0.0500 e. The molecule has 2 rings (SSSR count). The van der Waals surface area contributed by atoms with Crippen LogP contribution in [0.15, 0.2) is 35.7 Å². The maximum absolute atomic E-state index is 6.26. The third kappa shape index (κ3) is 3.50. The molecule has 0 aliphatic rings. The Morgan fingerprint density at radius 2 is 1.89 bits per heavy atom. The van der Waals surface area contributed by atoms with Crippen molar-refractivity contribution >= 4 is 34.5 Å². The number of hydrogen-bond acceptors (Lipinski definition) is 3. The minimum absolute atomic E-state index is 0.0169. The van der Waals surface area contributed by atoms with E-state index in [1.807, 2.05) is 31.3 Å². The Labute approximate surface area is 127 Å². The molecule has 0 fully saturated rings. The fourth-order valence-electron chi connectivity index (χ4n) is 2.11. The second-order valence-electron chi connectivity index (χ2n) is 4.38. The van der Waals surface area contributed by atoms with Crippen molar-refractivity contribution in [3.8, 4) is 0 Å². The van der Waals surface area contributed by atoms with Gasteiger partial charge in [-0.05, 0) is 30.6 Å². The molecule has 0 bridgehead atoms. The van der Waals surface area contributed by atoms with Gasteiger partial charge in [-0.1, -0.05) is 35.3 Å². The molecule has 5 heteroatoms. The molecule has 0 saturated carbocycles. The molecule has 0 aliphatic heterocycles. The van der Waals surface area contributed by atoms with Gasteiger partial charge < -0.3 is 5.73 Å². The van der Waals surface area contributed by atoms with Crippen molar-refractivity contribution < 1.29 is 0 Å². The lowest BCUT2D eigenvalue weighted by Gasteiger charge is -2.28. The fourth-order valence-corrected chi connectivity index (χ4v) is 3.52. The number of nitrogens with zero attached hydrogens (tertiary/aromatic N) is 1. The zero-order valence-electron chi connectivity index (χ0n) is 10.6. The van der Waals surface area contributed by atoms with Crippen molar-refractivity contribution in [2.45, 2.75) is 12.6 Å². The summed E-state index contributed by atoms with van der Waals surface area (Å²) in [7, 11) is 2.04. The summed E-state index contributed by atoms with van der Waals surface area (Å²) in [4.78, 5) is 3.47. The minimum Gasteiger partial charge on any atom is -0.329 e. The molecule has 1 aromatic carbocycles. The van der Waals surface area contributed by atoms with Gasteiger partial charge in [0.2, 0.25) is 0 Å². The van der Waals surface area contributed by atoms with Crippen molar-refractivity contribution in [1.82, 2.24) is 4.90 Å². The van der Waals surface area contributed by atoms with E-state index in [-0.39, 0.29) is 6.04 Å². The number of hydrogen-bond donors (Lipinski definition) is 1. The molecule has 0 saturated heterocycles. The highest BCUT2D eigenvalue weighted by Crippen LogP contribution is 2.33. The average molecular weight is 315 g/mol. The van der Waals surface area contributed by atoms with Gasteiger partial charge in [0.15, 0.2) is 0 Å². The molecular weight excluding hydrogens is 299 g/mol. The predicted octanol–water partition coefficient (Wildman–Crippen LogP) is 4.19. The molecule has 1 aromatic heterocycles. The summed E-state index contributed by atoms with van der Waals surface area (Å²) in [5, 5.41) is 3.41. The number of rotatable bonds is 5. The standard InChI is InChI=1S/C14H16Cl2N2S/c1-18(9-10-4-3-7-19-10)13(8-17)14-11(15)5-2-6-12(14)16/h2-7,13H,8-9,17H2,1H3. The van der Waals surface area contributed by atoms with E-state index in [1.165, 1.54) is 4.88 Å². The molecule has 0 radical (unpaired) electrons. The Hall–Kier alpha value is -0.580. The second kappa shape index (κ2) is 6.73. The van der Waals surface area contributed by atoms with Crippen LogP contribution < -0.4 is 5.73 Å². The first-order valence-electron chi connectivity index (χ1n) is 6.00. The van der Waals surface area contributed by atoms with Crippen LogP contribution in [0.3, 0.4) is 0 Å². The van der Waals surface area contributed by atoms with Crippen molar-refractivity contribution in [3.63, 3.8) is 0 Å². The summed E-state index contributed by atoms with van der Waals surface area (Å²) in [6.45, 7) is 1.31. The van der Waals surface area contributed by atoms with Crippen LogP contribution in [0.5, 0.6) is 0 Å². The zero-order valence-corrected chi connectivity index (χ0v) is 13.0. The zero-order chi connectivity index (χ0) is 13.8. The number of halogens is 2. The van der Waals surface area contributed by atoms with Crippen molar-refractivity contribution in [1.29, 1.82) is 0 Å². The van der Waals surface area contributed by atoms with Crippen molar-refractivity contribution in [3.05, 3.63) is 56.2 Å². The van der Waals surface area contributed by atoms with Crippen molar-refractivity contribution in [2.75, 3.05) is 13.6 Å². The summed E-state index contributed by atoms with van der Waals surface area (Å²) < 4.78 is 0. The van der Waals surface area contributed by atoms with E-state index in [9.17, 15) is 0 Å². The van der Waals surface area contributed by atoms with Crippen LogP contribution in [-0.2, 0) is 6.54 Å². The third-order valence-electron chi connectivity index (χ3n) is 3.07. The van der Waals surface area contributed by atoms with Gasteiger partial charge in [0.05, 0.1) is 6.04 Å². The Morgan fingerprint density at radius 3 is 2.42 bits per heavy atom. The van der Waals surface area contributed by atoms with Gasteiger partial charge in [0.25, 0.3) is 0 Å². The molecule has 1 unspecified atom stereocenters. The van der Waals surface area contributed by atoms with Gasteiger partial charge in [0.1, 0.15) is 0 Å². The molecular formula is C14H16Cl2N2S. The molecule has 1 heterocycles. The van der Waals surface area contributed by atoms with Gasteiger partial charge in [-0.25, -0.2) is 0 Å². The first-order valence-corrected chi connectivity index (χ1v) is 7.63. The molecule has 2 N–H and O–H groups in total. The monoisotopic (exact) mass is 314 g/mol. The lowest BCUT2D eigenvalue weighted by atomic mass is 10.1. The second-order valence-corrected chi connectivity index (χ2v) is 6.23.